The lowest BCUT2D eigenvalue weighted by atomic mass is 9.76. The molecule has 1 N–H and O–H groups in total. The highest BCUT2D eigenvalue weighted by Gasteiger charge is 2.33. The fourth-order valence-electron chi connectivity index (χ4n) is 3.82. The molecule has 0 aliphatic heterocycles. The minimum Gasteiger partial charge on any atom is -0.340 e. The average Bonchev–Trinajstić information content (AvgIpc) is 2.78. The highest BCUT2D eigenvalue weighted by Crippen LogP contribution is 2.37. The molecule has 0 spiro atoms. The van der Waals surface area contributed by atoms with E-state index in [-0.39, 0.29) is 29.8 Å². The standard InChI is InChI=1S/C27H35NO5/c1-17-18(2)25(31)23(19(3)24(17)30)21(20-13-9-7-10-14-20)15-11-8-12-16-22(29)28-33-26(32)27(4,5)6/h7,9-10,13-14,21H,8,11-12,15-16H2,1-6H3,(H,28,29). The van der Waals surface area contributed by atoms with Crippen molar-refractivity contribution in [2.45, 2.75) is 79.6 Å². The van der Waals surface area contributed by atoms with Gasteiger partial charge in [0.05, 0.1) is 5.41 Å². The molecule has 6 nitrogen and oxygen atoms in total. The zero-order valence-electron chi connectivity index (χ0n) is 20.5. The first-order valence-electron chi connectivity index (χ1n) is 11.5. The predicted molar refractivity (Wildman–Crippen MR) is 127 cm³/mol. The van der Waals surface area contributed by atoms with Crippen molar-refractivity contribution in [3.8, 4) is 0 Å². The number of unbranched alkanes of at least 4 members (excludes halogenated alkanes) is 2. The number of amides is 1. The Bertz CT molecular complexity index is 980. The smallest absolute Gasteiger partial charge is 0.337 e. The first kappa shape index (κ1) is 26.2. The van der Waals surface area contributed by atoms with Crippen LogP contribution < -0.4 is 5.48 Å². The molecule has 1 amide bonds. The summed E-state index contributed by atoms with van der Waals surface area (Å²) in [5.74, 6) is -1.12. The van der Waals surface area contributed by atoms with Crippen LogP contribution in [0.25, 0.3) is 0 Å². The molecular formula is C27H35NO5. The Balaban J connectivity index is 1.99. The molecule has 178 valence electrons. The van der Waals surface area contributed by atoms with E-state index >= 15 is 0 Å². The number of nitrogens with one attached hydrogen (secondary N) is 1. The van der Waals surface area contributed by atoms with Crippen molar-refractivity contribution in [3.05, 3.63) is 58.2 Å². The number of ketones is 2. The minimum absolute atomic E-state index is 0.0569. The number of rotatable bonds is 8. The molecule has 1 aliphatic rings. The van der Waals surface area contributed by atoms with Gasteiger partial charge in [0.1, 0.15) is 0 Å². The maximum absolute atomic E-state index is 13.1. The van der Waals surface area contributed by atoms with Crippen molar-refractivity contribution in [3.63, 3.8) is 0 Å². The largest absolute Gasteiger partial charge is 0.340 e. The number of carbonyl (C=O) groups excluding carboxylic acids is 4. The number of benzene rings is 1. The molecule has 1 aromatic rings. The Hall–Kier alpha value is -3.02. The van der Waals surface area contributed by atoms with Crippen LogP contribution in [0.15, 0.2) is 52.6 Å². The van der Waals surface area contributed by atoms with Gasteiger partial charge in [0, 0.05) is 34.6 Å². The molecule has 0 aromatic heterocycles. The van der Waals surface area contributed by atoms with E-state index in [0.29, 0.717) is 35.1 Å². The summed E-state index contributed by atoms with van der Waals surface area (Å²) in [5.41, 5.74) is 4.68. The molecule has 0 heterocycles. The van der Waals surface area contributed by atoms with Gasteiger partial charge < -0.3 is 4.84 Å². The Kier molecular flexibility index (Phi) is 8.91. The van der Waals surface area contributed by atoms with E-state index in [1.165, 1.54) is 0 Å². The number of allylic oxidation sites excluding steroid dienone is 4. The van der Waals surface area contributed by atoms with Crippen molar-refractivity contribution in [2.75, 3.05) is 0 Å². The van der Waals surface area contributed by atoms with Gasteiger partial charge in [0.2, 0.25) is 0 Å². The summed E-state index contributed by atoms with van der Waals surface area (Å²) < 4.78 is 0. The summed E-state index contributed by atoms with van der Waals surface area (Å²) in [6.45, 7) is 10.3. The molecule has 1 aliphatic carbocycles. The van der Waals surface area contributed by atoms with Crippen molar-refractivity contribution in [1.82, 2.24) is 5.48 Å². The quantitative estimate of drug-likeness (QED) is 0.334. The number of hydrogen-bond acceptors (Lipinski definition) is 5. The van der Waals surface area contributed by atoms with Gasteiger partial charge in [-0.25, -0.2) is 4.79 Å². The number of hydrogen-bond donors (Lipinski definition) is 1. The molecule has 1 unspecified atom stereocenters. The van der Waals surface area contributed by atoms with Crippen molar-refractivity contribution in [2.24, 2.45) is 5.41 Å². The fraction of sp³-hybridized carbons (Fsp3) is 0.481. The first-order valence-corrected chi connectivity index (χ1v) is 11.5. The Morgan fingerprint density at radius 3 is 2.09 bits per heavy atom. The molecule has 0 radical (unpaired) electrons. The van der Waals surface area contributed by atoms with Crippen LogP contribution in [0.3, 0.4) is 0 Å². The Morgan fingerprint density at radius 2 is 1.48 bits per heavy atom. The van der Waals surface area contributed by atoms with E-state index in [2.05, 4.69) is 5.48 Å². The van der Waals surface area contributed by atoms with Gasteiger partial charge in [-0.15, -0.1) is 0 Å². The number of Topliss-reactive ketones (excluding diaryl/α,β-unsaturated/α-hetero) is 2. The summed E-state index contributed by atoms with van der Waals surface area (Å²) in [5, 5.41) is 0. The van der Waals surface area contributed by atoms with E-state index in [9.17, 15) is 19.2 Å². The van der Waals surface area contributed by atoms with Gasteiger partial charge in [0.25, 0.3) is 5.91 Å². The third-order valence-corrected chi connectivity index (χ3v) is 6.05. The van der Waals surface area contributed by atoms with E-state index in [4.69, 9.17) is 4.84 Å². The summed E-state index contributed by atoms with van der Waals surface area (Å²) in [7, 11) is 0. The lowest BCUT2D eigenvalue weighted by Gasteiger charge is -2.26. The molecule has 0 saturated heterocycles. The van der Waals surface area contributed by atoms with Gasteiger partial charge in [-0.2, -0.15) is 5.48 Å². The topological polar surface area (TPSA) is 89.5 Å². The second kappa shape index (κ2) is 11.2. The molecule has 0 fully saturated rings. The van der Waals surface area contributed by atoms with Crippen molar-refractivity contribution >= 4 is 23.4 Å². The van der Waals surface area contributed by atoms with Gasteiger partial charge in [-0.3, -0.25) is 14.4 Å². The molecular weight excluding hydrogens is 418 g/mol. The Morgan fingerprint density at radius 1 is 0.879 bits per heavy atom. The van der Waals surface area contributed by atoms with Gasteiger partial charge in [-0.05, 0) is 59.9 Å². The highest BCUT2D eigenvalue weighted by molar-refractivity contribution is 6.25. The molecule has 33 heavy (non-hydrogen) atoms. The van der Waals surface area contributed by atoms with Crippen LogP contribution in [0, 0.1) is 5.41 Å². The van der Waals surface area contributed by atoms with E-state index < -0.39 is 11.4 Å². The van der Waals surface area contributed by atoms with Crippen LogP contribution >= 0.6 is 0 Å². The van der Waals surface area contributed by atoms with Crippen LogP contribution in [0.1, 0.15) is 85.1 Å². The van der Waals surface area contributed by atoms with Crippen LogP contribution in [0.5, 0.6) is 0 Å². The van der Waals surface area contributed by atoms with E-state index in [1.54, 1.807) is 41.5 Å². The van der Waals surface area contributed by atoms with Crippen LogP contribution in [0.4, 0.5) is 0 Å². The lowest BCUT2D eigenvalue weighted by Crippen LogP contribution is -2.33. The zero-order chi connectivity index (χ0) is 24.8. The normalized spacial score (nSPS) is 15.6. The Labute approximate surface area is 196 Å². The summed E-state index contributed by atoms with van der Waals surface area (Å²) in [4.78, 5) is 54.3. The SMILES string of the molecule is CC1=C(C)C(=O)C(C(CCCCCC(=O)NOC(=O)C(C)(C)C)c2ccccc2)=C(C)C1=O. The van der Waals surface area contributed by atoms with Crippen molar-refractivity contribution < 1.29 is 24.0 Å². The fourth-order valence-corrected chi connectivity index (χ4v) is 3.82. The van der Waals surface area contributed by atoms with Crippen LogP contribution in [0.2, 0.25) is 0 Å². The zero-order valence-corrected chi connectivity index (χ0v) is 20.5. The van der Waals surface area contributed by atoms with Gasteiger partial charge in [0.15, 0.2) is 11.6 Å². The summed E-state index contributed by atoms with van der Waals surface area (Å²) in [6, 6.07) is 9.77. The maximum atomic E-state index is 13.1. The van der Waals surface area contributed by atoms with E-state index in [1.807, 2.05) is 30.3 Å². The molecule has 0 bridgehead atoms. The molecule has 2 rings (SSSR count). The van der Waals surface area contributed by atoms with E-state index in [0.717, 1.165) is 18.4 Å². The van der Waals surface area contributed by atoms with Gasteiger partial charge in [-0.1, -0.05) is 43.2 Å². The molecule has 0 saturated carbocycles. The monoisotopic (exact) mass is 453 g/mol. The predicted octanol–water partition coefficient (Wildman–Crippen LogP) is 5.15. The molecule has 6 heteroatoms. The second-order valence-electron chi connectivity index (χ2n) is 9.67. The second-order valence-corrected chi connectivity index (χ2v) is 9.67. The summed E-state index contributed by atoms with van der Waals surface area (Å²) >= 11 is 0. The highest BCUT2D eigenvalue weighted by atomic mass is 16.7. The third-order valence-electron chi connectivity index (χ3n) is 6.05. The molecule has 1 aromatic carbocycles. The average molecular weight is 454 g/mol. The van der Waals surface area contributed by atoms with Crippen LogP contribution in [-0.4, -0.2) is 23.4 Å². The first-order chi connectivity index (χ1) is 15.4. The van der Waals surface area contributed by atoms with Gasteiger partial charge >= 0.3 is 5.97 Å². The number of carbonyl (C=O) groups is 4. The van der Waals surface area contributed by atoms with Crippen molar-refractivity contribution in [1.29, 1.82) is 0 Å². The molecule has 1 atom stereocenters. The third kappa shape index (κ3) is 6.73. The minimum atomic E-state index is -0.684. The number of hydroxylamine groups is 1. The summed E-state index contributed by atoms with van der Waals surface area (Å²) in [6.07, 6.45) is 3.13. The lowest BCUT2D eigenvalue weighted by molar-refractivity contribution is -0.166. The van der Waals surface area contributed by atoms with Crippen LogP contribution in [-0.2, 0) is 24.0 Å². The maximum Gasteiger partial charge on any atom is 0.337 e.